The first-order valence-corrected chi connectivity index (χ1v) is 11.4. The van der Waals surface area contributed by atoms with Crippen LogP contribution in [0.25, 0.3) is 0 Å². The SMILES string of the molecule is COc1ccc(CN(C)C(=O)c2ccc(NS(=O)(=O)c3ccc(C)c(C)c3)cc2)cc1F. The third kappa shape index (κ3) is 5.26. The highest BCUT2D eigenvalue weighted by Gasteiger charge is 2.17. The second kappa shape index (κ2) is 9.40. The number of sulfonamides is 1. The van der Waals surface area contributed by atoms with Gasteiger partial charge >= 0.3 is 0 Å². The van der Waals surface area contributed by atoms with Gasteiger partial charge in [0.15, 0.2) is 11.6 Å². The number of carbonyl (C=O) groups excluding carboxylic acids is 1. The molecule has 0 saturated heterocycles. The van der Waals surface area contributed by atoms with Gasteiger partial charge in [0.2, 0.25) is 0 Å². The summed E-state index contributed by atoms with van der Waals surface area (Å²) in [5.74, 6) is -0.627. The number of anilines is 1. The van der Waals surface area contributed by atoms with Gasteiger partial charge < -0.3 is 9.64 Å². The number of rotatable bonds is 7. The van der Waals surface area contributed by atoms with Crippen molar-refractivity contribution in [3.8, 4) is 5.75 Å². The van der Waals surface area contributed by atoms with Crippen LogP contribution in [-0.4, -0.2) is 33.4 Å². The standard InChI is InChI=1S/C24H25FN2O4S/c1-16-5-11-21(13-17(16)2)32(29,30)26-20-9-7-19(8-10-20)24(28)27(3)15-18-6-12-23(31-4)22(25)14-18/h5-14,26H,15H2,1-4H3. The van der Waals surface area contributed by atoms with Gasteiger partial charge in [0.1, 0.15) is 0 Å². The molecule has 3 aromatic carbocycles. The summed E-state index contributed by atoms with van der Waals surface area (Å²) in [6, 6.07) is 15.6. The van der Waals surface area contributed by atoms with Crippen LogP contribution in [0.1, 0.15) is 27.0 Å². The highest BCUT2D eigenvalue weighted by atomic mass is 32.2. The molecule has 6 nitrogen and oxygen atoms in total. The number of carbonyl (C=O) groups is 1. The average molecular weight is 457 g/mol. The minimum atomic E-state index is -3.74. The molecule has 0 radical (unpaired) electrons. The van der Waals surface area contributed by atoms with E-state index in [2.05, 4.69) is 4.72 Å². The van der Waals surface area contributed by atoms with Crippen molar-refractivity contribution in [3.05, 3.63) is 88.7 Å². The van der Waals surface area contributed by atoms with E-state index in [4.69, 9.17) is 4.74 Å². The summed E-state index contributed by atoms with van der Waals surface area (Å²) < 4.78 is 46.6. The maximum atomic E-state index is 13.9. The molecule has 32 heavy (non-hydrogen) atoms. The Morgan fingerprint density at radius 3 is 2.28 bits per heavy atom. The number of aryl methyl sites for hydroxylation is 2. The van der Waals surface area contributed by atoms with Crippen molar-refractivity contribution in [1.29, 1.82) is 0 Å². The molecular weight excluding hydrogens is 431 g/mol. The van der Waals surface area contributed by atoms with Gasteiger partial charge in [-0.05, 0) is 79.1 Å². The number of amides is 1. The fourth-order valence-corrected chi connectivity index (χ4v) is 4.29. The summed E-state index contributed by atoms with van der Waals surface area (Å²) in [6.07, 6.45) is 0. The van der Waals surface area contributed by atoms with Gasteiger partial charge in [-0.2, -0.15) is 0 Å². The molecule has 0 saturated carbocycles. The maximum Gasteiger partial charge on any atom is 0.261 e. The van der Waals surface area contributed by atoms with E-state index >= 15 is 0 Å². The minimum absolute atomic E-state index is 0.140. The van der Waals surface area contributed by atoms with Crippen molar-refractivity contribution in [2.45, 2.75) is 25.3 Å². The molecule has 8 heteroatoms. The summed E-state index contributed by atoms with van der Waals surface area (Å²) >= 11 is 0. The number of hydrogen-bond donors (Lipinski definition) is 1. The molecule has 0 spiro atoms. The van der Waals surface area contributed by atoms with Crippen molar-refractivity contribution < 1.29 is 22.3 Å². The molecule has 3 aromatic rings. The van der Waals surface area contributed by atoms with Crippen LogP contribution in [0.3, 0.4) is 0 Å². The molecule has 0 fully saturated rings. The third-order valence-corrected chi connectivity index (χ3v) is 6.53. The van der Waals surface area contributed by atoms with E-state index in [1.54, 1.807) is 43.4 Å². The third-order valence-electron chi connectivity index (χ3n) is 5.16. The lowest BCUT2D eigenvalue weighted by atomic mass is 10.1. The Bertz CT molecular complexity index is 1240. The molecule has 0 aliphatic rings. The summed E-state index contributed by atoms with van der Waals surface area (Å²) in [7, 11) is -0.744. The monoisotopic (exact) mass is 456 g/mol. The summed E-state index contributed by atoms with van der Waals surface area (Å²) in [4.78, 5) is 14.3. The van der Waals surface area contributed by atoms with E-state index in [1.165, 1.54) is 36.3 Å². The van der Waals surface area contributed by atoms with Crippen LogP contribution in [0.5, 0.6) is 5.75 Å². The molecule has 0 aromatic heterocycles. The first kappa shape index (κ1) is 23.3. The van der Waals surface area contributed by atoms with Crippen LogP contribution >= 0.6 is 0 Å². The van der Waals surface area contributed by atoms with Crippen molar-refractivity contribution in [3.63, 3.8) is 0 Å². The lowest BCUT2D eigenvalue weighted by Crippen LogP contribution is -2.26. The number of methoxy groups -OCH3 is 1. The van der Waals surface area contributed by atoms with Crippen molar-refractivity contribution >= 4 is 21.6 Å². The molecule has 0 atom stereocenters. The Morgan fingerprint density at radius 2 is 1.69 bits per heavy atom. The largest absolute Gasteiger partial charge is 0.494 e. The van der Waals surface area contributed by atoms with Gasteiger partial charge in [-0.15, -0.1) is 0 Å². The maximum absolute atomic E-state index is 13.9. The zero-order valence-electron chi connectivity index (χ0n) is 18.3. The number of benzene rings is 3. The van der Waals surface area contributed by atoms with Crippen LogP contribution < -0.4 is 9.46 Å². The first-order valence-electron chi connectivity index (χ1n) is 9.89. The van der Waals surface area contributed by atoms with Gasteiger partial charge in [-0.3, -0.25) is 9.52 Å². The topological polar surface area (TPSA) is 75.7 Å². The molecule has 0 bridgehead atoms. The zero-order chi connectivity index (χ0) is 23.5. The molecule has 0 aliphatic heterocycles. The van der Waals surface area contributed by atoms with Crippen LogP contribution in [0.15, 0.2) is 65.6 Å². The number of hydrogen-bond acceptors (Lipinski definition) is 4. The Hall–Kier alpha value is -3.39. The summed E-state index contributed by atoms with van der Waals surface area (Å²) in [6.45, 7) is 3.98. The van der Waals surface area contributed by atoms with Gasteiger partial charge in [0, 0.05) is 24.8 Å². The van der Waals surface area contributed by atoms with E-state index < -0.39 is 15.8 Å². The Balaban J connectivity index is 1.69. The number of halogens is 1. The molecule has 1 amide bonds. The molecule has 0 unspecified atom stereocenters. The van der Waals surface area contributed by atoms with Gasteiger partial charge in [-0.1, -0.05) is 12.1 Å². The van der Waals surface area contributed by atoms with Crippen molar-refractivity contribution in [1.82, 2.24) is 4.90 Å². The van der Waals surface area contributed by atoms with Crippen LogP contribution in [0.4, 0.5) is 10.1 Å². The second-order valence-corrected chi connectivity index (χ2v) is 9.24. The Kier molecular flexibility index (Phi) is 6.84. The van der Waals surface area contributed by atoms with Crippen LogP contribution in [-0.2, 0) is 16.6 Å². The lowest BCUT2D eigenvalue weighted by Gasteiger charge is -2.18. The van der Waals surface area contributed by atoms with E-state index in [-0.39, 0.29) is 23.1 Å². The van der Waals surface area contributed by atoms with Crippen LogP contribution in [0, 0.1) is 19.7 Å². The highest BCUT2D eigenvalue weighted by Crippen LogP contribution is 2.21. The molecule has 168 valence electrons. The number of nitrogens with one attached hydrogen (secondary N) is 1. The Labute approximate surface area is 187 Å². The minimum Gasteiger partial charge on any atom is -0.494 e. The first-order chi connectivity index (χ1) is 15.1. The second-order valence-electron chi connectivity index (χ2n) is 7.56. The molecule has 1 N–H and O–H groups in total. The predicted octanol–water partition coefficient (Wildman–Crippen LogP) is 4.52. The smallest absolute Gasteiger partial charge is 0.261 e. The van der Waals surface area contributed by atoms with Crippen molar-refractivity contribution in [2.24, 2.45) is 0 Å². The molecule has 0 heterocycles. The van der Waals surface area contributed by atoms with Gasteiger partial charge in [0.05, 0.1) is 12.0 Å². The van der Waals surface area contributed by atoms with E-state index in [9.17, 15) is 17.6 Å². The predicted molar refractivity (Wildman–Crippen MR) is 122 cm³/mol. The number of ether oxygens (including phenoxy) is 1. The average Bonchev–Trinajstić information content (AvgIpc) is 2.75. The van der Waals surface area contributed by atoms with E-state index in [0.717, 1.165) is 11.1 Å². The molecule has 0 aliphatic carbocycles. The van der Waals surface area contributed by atoms with Gasteiger partial charge in [-0.25, -0.2) is 12.8 Å². The number of nitrogens with zero attached hydrogens (tertiary/aromatic N) is 1. The van der Waals surface area contributed by atoms with Gasteiger partial charge in [0.25, 0.3) is 15.9 Å². The Morgan fingerprint density at radius 1 is 1.00 bits per heavy atom. The fraction of sp³-hybridized carbons (Fsp3) is 0.208. The quantitative estimate of drug-likeness (QED) is 0.567. The summed E-state index contributed by atoms with van der Waals surface area (Å²) in [5.41, 5.74) is 3.24. The normalized spacial score (nSPS) is 11.2. The van der Waals surface area contributed by atoms with E-state index in [1.807, 2.05) is 13.8 Å². The van der Waals surface area contributed by atoms with E-state index in [0.29, 0.717) is 16.8 Å². The molecular formula is C24H25FN2O4S. The summed E-state index contributed by atoms with van der Waals surface area (Å²) in [5, 5.41) is 0. The zero-order valence-corrected chi connectivity index (χ0v) is 19.2. The highest BCUT2D eigenvalue weighted by molar-refractivity contribution is 7.92. The lowest BCUT2D eigenvalue weighted by molar-refractivity contribution is 0.0785. The fourth-order valence-electron chi connectivity index (χ4n) is 3.15. The van der Waals surface area contributed by atoms with Crippen LogP contribution in [0.2, 0.25) is 0 Å². The van der Waals surface area contributed by atoms with Crippen molar-refractivity contribution in [2.75, 3.05) is 18.9 Å². The molecule has 3 rings (SSSR count).